The zero-order valence-corrected chi connectivity index (χ0v) is 10.8. The molecule has 0 saturated heterocycles. The molecule has 0 amide bonds. The average molecular weight is 270 g/mol. The number of hydrogen-bond acceptors (Lipinski definition) is 2. The Hall–Kier alpha value is -0.800. The van der Waals surface area contributed by atoms with Gasteiger partial charge < -0.3 is 10.5 Å². The first kappa shape index (κ1) is 12.3. The fraction of sp³-hybridized carbons (Fsp3) is 0.333. The SMILES string of the molecule is COc1ccc(Br)c(/C=C(/C)C(C)N)c1. The molecular formula is C12H16BrNO. The number of rotatable bonds is 3. The molecule has 2 N–H and O–H groups in total. The van der Waals surface area contributed by atoms with Gasteiger partial charge in [-0.25, -0.2) is 0 Å². The van der Waals surface area contributed by atoms with Crippen LogP contribution in [0.3, 0.4) is 0 Å². The van der Waals surface area contributed by atoms with Crippen LogP contribution in [0.15, 0.2) is 28.2 Å². The predicted molar refractivity (Wildman–Crippen MR) is 68.0 cm³/mol. The van der Waals surface area contributed by atoms with E-state index < -0.39 is 0 Å². The smallest absolute Gasteiger partial charge is 0.119 e. The van der Waals surface area contributed by atoms with Crippen LogP contribution in [0.1, 0.15) is 19.4 Å². The molecule has 0 aliphatic carbocycles. The topological polar surface area (TPSA) is 35.2 Å². The molecule has 1 rings (SSSR count). The van der Waals surface area contributed by atoms with Crippen LogP contribution in [-0.2, 0) is 0 Å². The largest absolute Gasteiger partial charge is 0.497 e. The summed E-state index contributed by atoms with van der Waals surface area (Å²) >= 11 is 3.50. The Morgan fingerprint density at radius 3 is 2.73 bits per heavy atom. The molecule has 1 unspecified atom stereocenters. The number of ether oxygens (including phenoxy) is 1. The monoisotopic (exact) mass is 269 g/mol. The summed E-state index contributed by atoms with van der Waals surface area (Å²) in [7, 11) is 1.66. The highest BCUT2D eigenvalue weighted by molar-refractivity contribution is 9.10. The fourth-order valence-corrected chi connectivity index (χ4v) is 1.50. The quantitative estimate of drug-likeness (QED) is 0.915. The van der Waals surface area contributed by atoms with Gasteiger partial charge in [0.1, 0.15) is 5.75 Å². The minimum absolute atomic E-state index is 0.0723. The zero-order valence-electron chi connectivity index (χ0n) is 9.25. The lowest BCUT2D eigenvalue weighted by Crippen LogP contribution is -2.15. The standard InChI is InChI=1S/C12H16BrNO/c1-8(9(2)14)6-10-7-11(15-3)4-5-12(10)13/h4-7,9H,14H2,1-3H3/b8-6-. The van der Waals surface area contributed by atoms with E-state index in [1.165, 1.54) is 0 Å². The Morgan fingerprint density at radius 1 is 1.53 bits per heavy atom. The van der Waals surface area contributed by atoms with Crippen LogP contribution in [0.5, 0.6) is 5.75 Å². The normalized spacial score (nSPS) is 13.8. The van der Waals surface area contributed by atoms with Crippen molar-refractivity contribution in [2.24, 2.45) is 5.73 Å². The molecule has 0 aliphatic heterocycles. The summed E-state index contributed by atoms with van der Waals surface area (Å²) in [5, 5.41) is 0. The van der Waals surface area contributed by atoms with Gasteiger partial charge in [0.15, 0.2) is 0 Å². The lowest BCUT2D eigenvalue weighted by molar-refractivity contribution is 0.414. The number of nitrogens with two attached hydrogens (primary N) is 1. The third-order valence-electron chi connectivity index (χ3n) is 2.30. The van der Waals surface area contributed by atoms with E-state index in [9.17, 15) is 0 Å². The summed E-state index contributed by atoms with van der Waals surface area (Å²) < 4.78 is 6.22. The first-order chi connectivity index (χ1) is 7.04. The van der Waals surface area contributed by atoms with Gasteiger partial charge in [-0.1, -0.05) is 27.6 Å². The van der Waals surface area contributed by atoms with Crippen molar-refractivity contribution in [3.05, 3.63) is 33.8 Å². The molecule has 3 heteroatoms. The fourth-order valence-electron chi connectivity index (χ4n) is 1.14. The van der Waals surface area contributed by atoms with Crippen LogP contribution in [-0.4, -0.2) is 13.2 Å². The summed E-state index contributed by atoms with van der Waals surface area (Å²) in [6.07, 6.45) is 2.07. The molecule has 1 aromatic rings. The van der Waals surface area contributed by atoms with E-state index in [0.717, 1.165) is 21.4 Å². The lowest BCUT2D eigenvalue weighted by Gasteiger charge is -2.08. The molecule has 1 atom stereocenters. The van der Waals surface area contributed by atoms with Gasteiger partial charge in [0.25, 0.3) is 0 Å². The highest BCUT2D eigenvalue weighted by Gasteiger charge is 2.02. The van der Waals surface area contributed by atoms with Crippen molar-refractivity contribution in [3.8, 4) is 5.75 Å². The third kappa shape index (κ3) is 3.36. The number of methoxy groups -OCH3 is 1. The highest BCUT2D eigenvalue weighted by atomic mass is 79.9. The van der Waals surface area contributed by atoms with Crippen LogP contribution in [0.25, 0.3) is 6.08 Å². The van der Waals surface area contributed by atoms with Crippen molar-refractivity contribution >= 4 is 22.0 Å². The third-order valence-corrected chi connectivity index (χ3v) is 3.03. The molecule has 82 valence electrons. The maximum atomic E-state index is 5.79. The second-order valence-electron chi connectivity index (χ2n) is 3.56. The predicted octanol–water partition coefficient (Wildman–Crippen LogP) is 3.21. The average Bonchev–Trinajstić information content (AvgIpc) is 2.21. The van der Waals surface area contributed by atoms with Crippen molar-refractivity contribution in [1.82, 2.24) is 0 Å². The summed E-state index contributed by atoms with van der Waals surface area (Å²) in [6.45, 7) is 4.00. The zero-order chi connectivity index (χ0) is 11.4. The van der Waals surface area contributed by atoms with E-state index in [2.05, 4.69) is 22.0 Å². The van der Waals surface area contributed by atoms with Crippen molar-refractivity contribution in [2.75, 3.05) is 7.11 Å². The van der Waals surface area contributed by atoms with E-state index in [0.29, 0.717) is 0 Å². The Morgan fingerprint density at radius 2 is 2.20 bits per heavy atom. The van der Waals surface area contributed by atoms with Crippen LogP contribution < -0.4 is 10.5 Å². The van der Waals surface area contributed by atoms with Crippen LogP contribution in [0, 0.1) is 0 Å². The first-order valence-corrected chi connectivity index (χ1v) is 5.61. The molecule has 1 aromatic carbocycles. The maximum absolute atomic E-state index is 5.79. The molecule has 0 radical (unpaired) electrons. The van der Waals surface area contributed by atoms with E-state index in [1.54, 1.807) is 7.11 Å². The molecule has 0 spiro atoms. The molecule has 0 fully saturated rings. The number of hydrogen-bond donors (Lipinski definition) is 1. The van der Waals surface area contributed by atoms with Crippen LogP contribution in [0.2, 0.25) is 0 Å². The van der Waals surface area contributed by atoms with E-state index >= 15 is 0 Å². The molecule has 0 heterocycles. The van der Waals surface area contributed by atoms with Crippen LogP contribution in [0.4, 0.5) is 0 Å². The minimum atomic E-state index is 0.0723. The van der Waals surface area contributed by atoms with Gasteiger partial charge in [-0.3, -0.25) is 0 Å². The summed E-state index contributed by atoms with van der Waals surface area (Å²) in [5.74, 6) is 0.849. The van der Waals surface area contributed by atoms with Gasteiger partial charge in [0, 0.05) is 10.5 Å². The molecule has 15 heavy (non-hydrogen) atoms. The van der Waals surface area contributed by atoms with Gasteiger partial charge >= 0.3 is 0 Å². The van der Waals surface area contributed by atoms with Crippen molar-refractivity contribution in [1.29, 1.82) is 0 Å². The molecule has 0 bridgehead atoms. The summed E-state index contributed by atoms with van der Waals surface area (Å²) in [4.78, 5) is 0. The first-order valence-electron chi connectivity index (χ1n) is 4.82. The Kier molecular flexibility index (Phi) is 4.36. The second kappa shape index (κ2) is 5.33. The Balaban J connectivity index is 3.08. The lowest BCUT2D eigenvalue weighted by atomic mass is 10.1. The molecule has 0 aromatic heterocycles. The highest BCUT2D eigenvalue weighted by Crippen LogP contribution is 2.24. The number of halogens is 1. The van der Waals surface area contributed by atoms with Crippen molar-refractivity contribution in [3.63, 3.8) is 0 Å². The minimum Gasteiger partial charge on any atom is -0.497 e. The Labute approximate surface area is 99.3 Å². The van der Waals surface area contributed by atoms with E-state index in [1.807, 2.05) is 32.0 Å². The molecule has 2 nitrogen and oxygen atoms in total. The maximum Gasteiger partial charge on any atom is 0.119 e. The van der Waals surface area contributed by atoms with Gasteiger partial charge in [-0.15, -0.1) is 0 Å². The molecular weight excluding hydrogens is 254 g/mol. The van der Waals surface area contributed by atoms with Gasteiger partial charge in [0.05, 0.1) is 7.11 Å². The van der Waals surface area contributed by atoms with E-state index in [4.69, 9.17) is 10.5 Å². The Bertz CT molecular complexity index is 372. The van der Waals surface area contributed by atoms with Crippen molar-refractivity contribution in [2.45, 2.75) is 19.9 Å². The second-order valence-corrected chi connectivity index (χ2v) is 4.42. The van der Waals surface area contributed by atoms with Gasteiger partial charge in [0.2, 0.25) is 0 Å². The molecule has 0 aliphatic rings. The summed E-state index contributed by atoms with van der Waals surface area (Å²) in [6, 6.07) is 5.95. The van der Waals surface area contributed by atoms with Gasteiger partial charge in [-0.2, -0.15) is 0 Å². The molecule has 0 saturated carbocycles. The van der Waals surface area contributed by atoms with Crippen LogP contribution >= 0.6 is 15.9 Å². The van der Waals surface area contributed by atoms with Gasteiger partial charge in [-0.05, 0) is 37.6 Å². The van der Waals surface area contributed by atoms with Crippen molar-refractivity contribution < 1.29 is 4.74 Å². The number of benzene rings is 1. The summed E-state index contributed by atoms with van der Waals surface area (Å²) in [5.41, 5.74) is 8.02. The van der Waals surface area contributed by atoms with E-state index in [-0.39, 0.29) is 6.04 Å².